The third-order valence-electron chi connectivity index (χ3n) is 15.5. The number of carbonyl (C=O) groups is 5. The molecule has 4 aliphatic rings. The zero-order chi connectivity index (χ0) is 72.3. The molecule has 0 saturated carbocycles. The monoisotopic (exact) mass is 1490 g/mol. The lowest BCUT2D eigenvalue weighted by atomic mass is 9.97. The van der Waals surface area contributed by atoms with Crippen molar-refractivity contribution < 1.29 is 148 Å². The van der Waals surface area contributed by atoms with Crippen LogP contribution in [-0.2, 0) is 76.1 Å². The van der Waals surface area contributed by atoms with Gasteiger partial charge < -0.3 is 140 Å². The number of carbonyl (C=O) groups excluding carboxylic acids is 1. The highest BCUT2D eigenvalue weighted by Crippen LogP contribution is 2.32. The molecule has 4 saturated heterocycles. The lowest BCUT2D eigenvalue weighted by Crippen LogP contribution is -2.63. The molecule has 0 aromatic heterocycles. The summed E-state index contributed by atoms with van der Waals surface area (Å²) in [5.41, 5.74) is 4.67. The number of aliphatic hydroxyl groups excluding tert-OH is 10. The van der Waals surface area contributed by atoms with Crippen molar-refractivity contribution in [2.45, 2.75) is 141 Å². The summed E-state index contributed by atoms with van der Waals surface area (Å²) in [4.78, 5) is 62.2. The fourth-order valence-corrected chi connectivity index (χ4v) is 13.7. The van der Waals surface area contributed by atoms with Gasteiger partial charge in [0, 0.05) is 97.1 Å². The number of hydrogen-bond donors (Lipinski definition) is 18. The Morgan fingerprint density at radius 2 is 0.867 bits per heavy atom. The van der Waals surface area contributed by atoms with E-state index < -0.39 is 198 Å². The number of hydrogen-bond acceptors (Lipinski definition) is 35. The Kier molecular flexibility index (Phi) is 43.2. The van der Waals surface area contributed by atoms with Crippen molar-refractivity contribution in [1.29, 1.82) is 5.41 Å². The number of nitrogens with one attached hydrogen (secondary N) is 3. The van der Waals surface area contributed by atoms with Gasteiger partial charge in [-0.3, -0.25) is 44.1 Å². The Bertz CT molecular complexity index is 2280. The molecule has 37 nitrogen and oxygen atoms in total. The van der Waals surface area contributed by atoms with Gasteiger partial charge in [0.2, 0.25) is 5.91 Å². The van der Waals surface area contributed by atoms with Gasteiger partial charge in [0.05, 0.1) is 64.9 Å². The molecule has 1 amide bonds. The van der Waals surface area contributed by atoms with Crippen LogP contribution in [0.25, 0.3) is 0 Å². The minimum absolute atomic E-state index is 0.0347. The summed E-state index contributed by atoms with van der Waals surface area (Å²) in [7, 11) is 2.68. The van der Waals surface area contributed by atoms with Gasteiger partial charge in [0.25, 0.3) is 0 Å². The molecule has 0 radical (unpaired) electrons. The predicted octanol–water partition coefficient (Wildman–Crippen LogP) is -7.40. The van der Waals surface area contributed by atoms with E-state index in [1.807, 2.05) is 0 Å². The van der Waals surface area contributed by atoms with E-state index in [-0.39, 0.29) is 77.3 Å². The number of thioether (sulfide) groups is 4. The average molecular weight is 1490 g/mol. The highest BCUT2D eigenvalue weighted by atomic mass is 32.2. The molecule has 20 atom stereocenters. The highest BCUT2D eigenvalue weighted by molar-refractivity contribution is 8.00. The van der Waals surface area contributed by atoms with Crippen LogP contribution in [0.5, 0.6) is 0 Å². The van der Waals surface area contributed by atoms with Gasteiger partial charge in [-0.25, -0.2) is 0 Å². The van der Waals surface area contributed by atoms with Gasteiger partial charge in [-0.1, -0.05) is 0 Å². The quantitative estimate of drug-likeness (QED) is 0.0153. The standard InChI is InChI=1S/C57H103N7O30S4/c1-84-28-33-43(76)48(81)52(88-15-5-17-96-20-7-60-36(59)31-98-57-50(83)46(79)42(75)32(27-65)94-57)55(92-33)90-30-35-45(78)49(82)53(87-14-3-16-95-19-6-58)56(93-35)89-29-34-44(77)47(80)51(54(85-2)91-34)86-13-4-18-97-21-8-61-37(66)22-63(24-39(69)70)11-9-62(23-38(67)68)10-12-64(25-40(71)72)26-41(73)74/h32-35,42-57,65,75-83H,3-31,58H2,1-2H3,(H2,59,60)(H,61,66)(H,67,68)(H,69,70)(H,71,72)(H,73,74)/t32?,33?,34?,35?,42-,43-,44-,45-,46?,47+,48+,49+,50-,51?,52?,53?,54+,55+,56+,57-/m1/s1. The molecule has 19 N–H and O–H groups in total. The molecule has 0 aromatic carbocycles. The Morgan fingerprint density at radius 3 is 1.31 bits per heavy atom. The number of nitrogens with zero attached hydrogens (tertiary/aromatic N) is 3. The van der Waals surface area contributed by atoms with Crippen LogP contribution in [0, 0.1) is 5.41 Å². The second-order valence-corrected chi connectivity index (χ2v) is 27.9. The summed E-state index contributed by atoms with van der Waals surface area (Å²) in [5, 5.41) is 159. The number of ether oxygens (including phenoxy) is 11. The van der Waals surface area contributed by atoms with Gasteiger partial charge in [-0.05, 0) is 36.5 Å². The fourth-order valence-electron chi connectivity index (χ4n) is 10.4. The molecule has 0 aliphatic carbocycles. The van der Waals surface area contributed by atoms with Crippen LogP contribution in [0.15, 0.2) is 0 Å². The Balaban J connectivity index is 1.25. The molecular weight excluding hydrogens is 1390 g/mol. The summed E-state index contributed by atoms with van der Waals surface area (Å²) in [5.74, 6) is -1.85. The van der Waals surface area contributed by atoms with E-state index in [1.165, 1.54) is 47.5 Å². The van der Waals surface area contributed by atoms with E-state index in [9.17, 15) is 85.3 Å². The van der Waals surface area contributed by atoms with E-state index in [4.69, 9.17) is 73.5 Å². The number of carboxylic acids is 4. The smallest absolute Gasteiger partial charge is 0.317 e. The fraction of sp³-hybridized carbons (Fsp3) is 0.895. The maximum absolute atomic E-state index is 12.9. The molecule has 41 heteroatoms. The second-order valence-electron chi connectivity index (χ2n) is 23.2. The molecule has 570 valence electrons. The largest absolute Gasteiger partial charge is 0.480 e. The third kappa shape index (κ3) is 31.3. The third-order valence-corrected chi connectivity index (χ3v) is 19.9. The van der Waals surface area contributed by atoms with Crippen LogP contribution in [0.3, 0.4) is 0 Å². The van der Waals surface area contributed by atoms with Crippen LogP contribution >= 0.6 is 47.0 Å². The first-order valence-electron chi connectivity index (χ1n) is 32.0. The number of aliphatic hydroxyl groups is 10. The summed E-state index contributed by atoms with van der Waals surface area (Å²) in [6.45, 7) is -3.23. The normalized spacial score (nSPS) is 30.6. The van der Waals surface area contributed by atoms with E-state index in [2.05, 4.69) is 10.6 Å². The first-order valence-corrected chi connectivity index (χ1v) is 36.5. The maximum atomic E-state index is 12.9. The van der Waals surface area contributed by atoms with Gasteiger partial charge in [-0.2, -0.15) is 35.3 Å². The summed E-state index contributed by atoms with van der Waals surface area (Å²) < 4.78 is 64.9. The minimum Gasteiger partial charge on any atom is -0.480 e. The molecule has 0 bridgehead atoms. The molecular formula is C57H103N7O30S4. The lowest BCUT2D eigenvalue weighted by Gasteiger charge is -2.45. The Labute approximate surface area is 584 Å². The number of methoxy groups -OCH3 is 2. The van der Waals surface area contributed by atoms with Crippen molar-refractivity contribution in [3.8, 4) is 0 Å². The van der Waals surface area contributed by atoms with Crippen LogP contribution in [0.2, 0.25) is 0 Å². The molecule has 4 heterocycles. The molecule has 0 aromatic rings. The predicted molar refractivity (Wildman–Crippen MR) is 352 cm³/mol. The van der Waals surface area contributed by atoms with Crippen molar-refractivity contribution in [2.75, 3.05) is 179 Å². The highest BCUT2D eigenvalue weighted by Gasteiger charge is 2.51. The molecule has 4 fully saturated rings. The van der Waals surface area contributed by atoms with Crippen molar-refractivity contribution in [3.63, 3.8) is 0 Å². The van der Waals surface area contributed by atoms with Gasteiger partial charge in [0.15, 0.2) is 18.9 Å². The summed E-state index contributed by atoms with van der Waals surface area (Å²) in [6, 6.07) is 0. The molecule has 98 heavy (non-hydrogen) atoms. The first kappa shape index (κ1) is 87.6. The van der Waals surface area contributed by atoms with Crippen molar-refractivity contribution in [3.05, 3.63) is 0 Å². The Hall–Kier alpha value is -2.78. The molecule has 4 rings (SSSR count). The average Bonchev–Trinajstić information content (AvgIpc) is 0.813. The number of nitrogens with two attached hydrogens (primary N) is 1. The van der Waals surface area contributed by atoms with Crippen LogP contribution < -0.4 is 16.4 Å². The number of aliphatic carboxylic acids is 4. The van der Waals surface area contributed by atoms with Crippen molar-refractivity contribution in [1.82, 2.24) is 25.3 Å². The van der Waals surface area contributed by atoms with Crippen LogP contribution in [-0.4, -0.2) is 423 Å². The van der Waals surface area contributed by atoms with Crippen molar-refractivity contribution in [2.24, 2.45) is 5.73 Å². The minimum atomic E-state index is -1.65. The van der Waals surface area contributed by atoms with Crippen LogP contribution in [0.1, 0.15) is 19.3 Å². The zero-order valence-electron chi connectivity index (χ0n) is 54.9. The Morgan fingerprint density at radius 1 is 0.469 bits per heavy atom. The van der Waals surface area contributed by atoms with Gasteiger partial charge in [0.1, 0.15) is 109 Å². The maximum Gasteiger partial charge on any atom is 0.317 e. The molecule has 8 unspecified atom stereocenters. The van der Waals surface area contributed by atoms with Gasteiger partial charge >= 0.3 is 23.9 Å². The van der Waals surface area contributed by atoms with Crippen molar-refractivity contribution >= 4 is 82.7 Å². The topological polar surface area (TPSA) is 554 Å². The summed E-state index contributed by atoms with van der Waals surface area (Å²) in [6.07, 6.45) is -25.0. The SMILES string of the molecule is COCC1O[C@H](OCC2O[C@H](OCC3O[C@H](OC)C(OCCCSCCNC(=O)CN(CCN(CCN(CC(=O)O)CC(=O)O)CC(=O)O)CC(=O)O)[C@@H](O)[C@@H]3O)C(OCCCSCCN)[C@@H](O)[C@@H]2O)C(OCCCSCCNC(=N)CS[C@H]2OC(CO)[C@@H](O)C(O)[C@H]2O)[C@@H](O)[C@@H]1O. The van der Waals surface area contributed by atoms with Crippen LogP contribution in [0.4, 0.5) is 0 Å². The number of amidine groups is 1. The number of rotatable bonds is 52. The first-order chi connectivity index (χ1) is 46.8. The molecule has 4 aliphatic heterocycles. The second kappa shape index (κ2) is 48.3. The van der Waals surface area contributed by atoms with E-state index in [1.54, 1.807) is 11.8 Å². The zero-order valence-corrected chi connectivity index (χ0v) is 58.2. The van der Waals surface area contributed by atoms with E-state index in [0.29, 0.717) is 66.9 Å². The van der Waals surface area contributed by atoms with E-state index in [0.717, 1.165) is 16.7 Å². The lowest BCUT2D eigenvalue weighted by molar-refractivity contribution is -0.348. The number of carboxylic acid groups (broad SMARTS) is 4. The van der Waals surface area contributed by atoms with Gasteiger partial charge in [-0.15, -0.1) is 11.8 Å². The van der Waals surface area contributed by atoms with E-state index >= 15 is 0 Å². The number of amides is 1. The summed E-state index contributed by atoms with van der Waals surface area (Å²) >= 11 is 5.60. The molecule has 0 spiro atoms.